The highest BCUT2D eigenvalue weighted by Crippen LogP contribution is 2.32. The van der Waals surface area contributed by atoms with Crippen LogP contribution in [0.4, 0.5) is 5.69 Å². The fraction of sp³-hybridized carbons (Fsp3) is 0.208. The first-order valence-electron chi connectivity index (χ1n) is 9.94. The Labute approximate surface area is 188 Å². The van der Waals surface area contributed by atoms with Gasteiger partial charge >= 0.3 is 0 Å². The standard InChI is InChI=1S/C24H26N2O5S/c1-25(17-19-10-6-4-7-11-19)24(27)18-26(20-12-8-5-9-13-20)32(28,29)21-14-15-22(30-2)23(16-21)31-3/h4-16H,17-18H2,1-3H3. The van der Waals surface area contributed by atoms with E-state index in [0.717, 1.165) is 9.87 Å². The number of anilines is 1. The van der Waals surface area contributed by atoms with Crippen LogP contribution >= 0.6 is 0 Å². The first kappa shape index (κ1) is 23.1. The van der Waals surface area contributed by atoms with Gasteiger partial charge in [-0.15, -0.1) is 0 Å². The van der Waals surface area contributed by atoms with Crippen molar-refractivity contribution >= 4 is 21.6 Å². The van der Waals surface area contributed by atoms with E-state index in [1.165, 1.54) is 37.3 Å². The van der Waals surface area contributed by atoms with E-state index in [-0.39, 0.29) is 23.1 Å². The number of amides is 1. The molecule has 0 saturated carbocycles. The van der Waals surface area contributed by atoms with Gasteiger partial charge in [0.05, 0.1) is 24.8 Å². The summed E-state index contributed by atoms with van der Waals surface area (Å²) in [5.74, 6) is 0.368. The van der Waals surface area contributed by atoms with Crippen molar-refractivity contribution in [3.63, 3.8) is 0 Å². The molecule has 0 aliphatic rings. The maximum Gasteiger partial charge on any atom is 0.264 e. The van der Waals surface area contributed by atoms with E-state index in [1.54, 1.807) is 37.4 Å². The fourth-order valence-electron chi connectivity index (χ4n) is 3.20. The molecule has 0 aliphatic carbocycles. The molecule has 8 heteroatoms. The lowest BCUT2D eigenvalue weighted by atomic mass is 10.2. The van der Waals surface area contributed by atoms with Crippen LogP contribution in [0.15, 0.2) is 83.8 Å². The SMILES string of the molecule is COc1ccc(S(=O)(=O)N(CC(=O)N(C)Cc2ccccc2)c2ccccc2)cc1OC. The molecule has 3 aromatic rings. The average molecular weight is 455 g/mol. The second-order valence-corrected chi connectivity index (χ2v) is 8.96. The van der Waals surface area contributed by atoms with E-state index in [1.807, 2.05) is 30.3 Å². The summed E-state index contributed by atoms with van der Waals surface area (Å²) >= 11 is 0. The third-order valence-corrected chi connectivity index (χ3v) is 6.72. The first-order valence-corrected chi connectivity index (χ1v) is 11.4. The minimum atomic E-state index is -4.06. The Morgan fingerprint density at radius 1 is 0.844 bits per heavy atom. The van der Waals surface area contributed by atoms with Crippen molar-refractivity contribution < 1.29 is 22.7 Å². The predicted molar refractivity (Wildman–Crippen MR) is 123 cm³/mol. The van der Waals surface area contributed by atoms with Crippen LogP contribution in [0, 0.1) is 0 Å². The molecule has 0 N–H and O–H groups in total. The number of carbonyl (C=O) groups excluding carboxylic acids is 1. The third-order valence-electron chi connectivity index (χ3n) is 4.95. The van der Waals surface area contributed by atoms with E-state index in [9.17, 15) is 13.2 Å². The van der Waals surface area contributed by atoms with Crippen LogP contribution in [0.1, 0.15) is 5.56 Å². The molecule has 168 valence electrons. The van der Waals surface area contributed by atoms with Gasteiger partial charge in [0.1, 0.15) is 6.54 Å². The Hall–Kier alpha value is -3.52. The number of rotatable bonds is 9. The third kappa shape index (κ3) is 5.20. The van der Waals surface area contributed by atoms with E-state index < -0.39 is 10.0 Å². The average Bonchev–Trinajstić information content (AvgIpc) is 2.82. The van der Waals surface area contributed by atoms with Crippen LogP contribution in [-0.4, -0.2) is 47.0 Å². The van der Waals surface area contributed by atoms with Crippen LogP contribution < -0.4 is 13.8 Å². The maximum atomic E-state index is 13.6. The van der Waals surface area contributed by atoms with Crippen molar-refractivity contribution in [3.05, 3.63) is 84.4 Å². The summed E-state index contributed by atoms with van der Waals surface area (Å²) in [7, 11) is 0.503. The van der Waals surface area contributed by atoms with Crippen molar-refractivity contribution in [2.75, 3.05) is 32.1 Å². The van der Waals surface area contributed by atoms with Crippen molar-refractivity contribution in [1.82, 2.24) is 4.90 Å². The lowest BCUT2D eigenvalue weighted by molar-refractivity contribution is -0.128. The fourth-order valence-corrected chi connectivity index (χ4v) is 4.63. The van der Waals surface area contributed by atoms with Crippen molar-refractivity contribution in [1.29, 1.82) is 0 Å². The minimum absolute atomic E-state index is 0.00230. The van der Waals surface area contributed by atoms with Crippen molar-refractivity contribution in [2.24, 2.45) is 0 Å². The zero-order chi connectivity index (χ0) is 23.1. The molecule has 0 fully saturated rings. The number of likely N-dealkylation sites (N-methyl/N-ethyl adjacent to an activating group) is 1. The largest absolute Gasteiger partial charge is 0.493 e. The zero-order valence-corrected chi connectivity index (χ0v) is 19.1. The Balaban J connectivity index is 1.93. The van der Waals surface area contributed by atoms with Gasteiger partial charge in [-0.2, -0.15) is 0 Å². The number of benzene rings is 3. The number of hydrogen-bond donors (Lipinski definition) is 0. The van der Waals surface area contributed by atoms with Crippen LogP contribution in [0.5, 0.6) is 11.5 Å². The molecule has 0 saturated heterocycles. The smallest absolute Gasteiger partial charge is 0.264 e. The number of nitrogens with zero attached hydrogens (tertiary/aromatic N) is 2. The van der Waals surface area contributed by atoms with Gasteiger partial charge in [-0.3, -0.25) is 9.10 Å². The highest BCUT2D eigenvalue weighted by Gasteiger charge is 2.29. The summed E-state index contributed by atoms with van der Waals surface area (Å²) in [5.41, 5.74) is 1.35. The second-order valence-electron chi connectivity index (χ2n) is 7.10. The van der Waals surface area contributed by atoms with E-state index in [2.05, 4.69) is 0 Å². The number of para-hydroxylation sites is 1. The maximum absolute atomic E-state index is 13.6. The van der Waals surface area contributed by atoms with Gasteiger partial charge in [-0.05, 0) is 29.8 Å². The van der Waals surface area contributed by atoms with Gasteiger partial charge in [-0.25, -0.2) is 8.42 Å². The molecule has 3 rings (SSSR count). The lowest BCUT2D eigenvalue weighted by Gasteiger charge is -2.27. The Morgan fingerprint density at radius 2 is 1.44 bits per heavy atom. The molecule has 0 aromatic heterocycles. The summed E-state index contributed by atoms with van der Waals surface area (Å²) in [6.45, 7) is 0.0305. The molecule has 7 nitrogen and oxygen atoms in total. The van der Waals surface area contributed by atoms with Crippen molar-refractivity contribution in [2.45, 2.75) is 11.4 Å². The molecule has 3 aromatic carbocycles. The molecule has 0 unspecified atom stereocenters. The molecule has 0 spiro atoms. The highest BCUT2D eigenvalue weighted by atomic mass is 32.2. The molecule has 0 aliphatic heterocycles. The van der Waals surface area contributed by atoms with E-state index >= 15 is 0 Å². The second kappa shape index (κ2) is 10.2. The van der Waals surface area contributed by atoms with Gasteiger partial charge in [0.25, 0.3) is 10.0 Å². The molecule has 0 atom stereocenters. The van der Waals surface area contributed by atoms with Crippen LogP contribution in [0.25, 0.3) is 0 Å². The summed E-state index contributed by atoms with van der Waals surface area (Å²) in [5, 5.41) is 0. The van der Waals surface area contributed by atoms with Gasteiger partial charge in [0.15, 0.2) is 11.5 Å². The lowest BCUT2D eigenvalue weighted by Crippen LogP contribution is -2.41. The Kier molecular flexibility index (Phi) is 7.37. The molecule has 0 heterocycles. The summed E-state index contributed by atoms with van der Waals surface area (Å²) in [6.07, 6.45) is 0. The summed E-state index contributed by atoms with van der Waals surface area (Å²) in [4.78, 5) is 14.5. The van der Waals surface area contributed by atoms with Gasteiger partial charge in [0.2, 0.25) is 5.91 Å². The molecule has 1 amide bonds. The molecule has 32 heavy (non-hydrogen) atoms. The number of carbonyl (C=O) groups is 1. The predicted octanol–water partition coefficient (Wildman–Crippen LogP) is 3.56. The van der Waals surface area contributed by atoms with Gasteiger partial charge in [-0.1, -0.05) is 48.5 Å². The quantitative estimate of drug-likeness (QED) is 0.494. The zero-order valence-electron chi connectivity index (χ0n) is 18.3. The first-order chi connectivity index (χ1) is 15.4. The Morgan fingerprint density at radius 3 is 2.03 bits per heavy atom. The molecule has 0 radical (unpaired) electrons. The minimum Gasteiger partial charge on any atom is -0.493 e. The van der Waals surface area contributed by atoms with E-state index in [0.29, 0.717) is 18.0 Å². The number of methoxy groups -OCH3 is 2. The molecule has 0 bridgehead atoms. The molecular weight excluding hydrogens is 428 g/mol. The topological polar surface area (TPSA) is 76.2 Å². The van der Waals surface area contributed by atoms with Gasteiger partial charge in [0, 0.05) is 19.7 Å². The van der Waals surface area contributed by atoms with Crippen LogP contribution in [0.2, 0.25) is 0 Å². The normalized spacial score (nSPS) is 11.0. The summed E-state index contributed by atoms with van der Waals surface area (Å²) in [6, 6.07) is 22.4. The highest BCUT2D eigenvalue weighted by molar-refractivity contribution is 7.92. The van der Waals surface area contributed by atoms with Crippen LogP contribution in [-0.2, 0) is 21.4 Å². The Bertz CT molecular complexity index is 1150. The summed E-state index contributed by atoms with van der Waals surface area (Å²) < 4.78 is 38.7. The number of hydrogen-bond acceptors (Lipinski definition) is 5. The molecular formula is C24H26N2O5S. The monoisotopic (exact) mass is 454 g/mol. The van der Waals surface area contributed by atoms with Gasteiger partial charge < -0.3 is 14.4 Å². The number of ether oxygens (including phenoxy) is 2. The van der Waals surface area contributed by atoms with Crippen molar-refractivity contribution in [3.8, 4) is 11.5 Å². The number of sulfonamides is 1. The van der Waals surface area contributed by atoms with Crippen LogP contribution in [0.3, 0.4) is 0 Å². The van der Waals surface area contributed by atoms with E-state index in [4.69, 9.17) is 9.47 Å².